The third kappa shape index (κ3) is 4.53. The Bertz CT molecular complexity index is 618. The van der Waals surface area contributed by atoms with E-state index in [1.165, 1.54) is 4.90 Å². The smallest absolute Gasteiger partial charge is 0.308 e. The van der Waals surface area contributed by atoms with Crippen LogP contribution in [0.1, 0.15) is 31.0 Å². The van der Waals surface area contributed by atoms with Crippen molar-refractivity contribution < 1.29 is 19.1 Å². The molecule has 0 saturated carbocycles. The molecule has 1 aliphatic heterocycles. The van der Waals surface area contributed by atoms with Gasteiger partial charge in [-0.15, -0.1) is 0 Å². The van der Waals surface area contributed by atoms with Gasteiger partial charge in [-0.25, -0.2) is 0 Å². The number of nitrogens with zero attached hydrogens (tertiary/aromatic N) is 2. The highest BCUT2D eigenvalue weighted by Gasteiger charge is 2.34. The van der Waals surface area contributed by atoms with E-state index in [0.29, 0.717) is 19.5 Å². The second kappa shape index (κ2) is 8.42. The molecule has 130 valence electrons. The molecule has 1 unspecified atom stereocenters. The molecular formula is C17H23N3O4. The highest BCUT2D eigenvalue weighted by molar-refractivity contribution is 5.92. The number of carbonyl (C=O) groups is 3. The molecule has 1 aromatic heterocycles. The number of piperazine rings is 1. The molecule has 0 aromatic carbocycles. The van der Waals surface area contributed by atoms with Crippen LogP contribution in [-0.4, -0.2) is 53.4 Å². The zero-order chi connectivity index (χ0) is 17.5. The van der Waals surface area contributed by atoms with Crippen LogP contribution >= 0.6 is 0 Å². The van der Waals surface area contributed by atoms with Crippen LogP contribution in [0.3, 0.4) is 0 Å². The SMILES string of the molecule is CCOC(=O)CC1C(=O)NCCN1C(=O)CCc1cccnc1C. The first kappa shape index (κ1) is 17.9. The van der Waals surface area contributed by atoms with E-state index in [-0.39, 0.29) is 31.3 Å². The van der Waals surface area contributed by atoms with E-state index in [9.17, 15) is 14.4 Å². The lowest BCUT2D eigenvalue weighted by molar-refractivity contribution is -0.151. The van der Waals surface area contributed by atoms with Crippen molar-refractivity contribution in [3.8, 4) is 0 Å². The fourth-order valence-corrected chi connectivity index (χ4v) is 2.76. The maximum absolute atomic E-state index is 12.6. The van der Waals surface area contributed by atoms with Gasteiger partial charge in [0.05, 0.1) is 13.0 Å². The van der Waals surface area contributed by atoms with E-state index in [2.05, 4.69) is 10.3 Å². The summed E-state index contributed by atoms with van der Waals surface area (Å²) in [6, 6.07) is 2.99. The fraction of sp³-hybridized carbons (Fsp3) is 0.529. The van der Waals surface area contributed by atoms with Crippen LogP contribution < -0.4 is 5.32 Å². The van der Waals surface area contributed by atoms with E-state index in [1.54, 1.807) is 13.1 Å². The first-order valence-electron chi connectivity index (χ1n) is 8.16. The van der Waals surface area contributed by atoms with Crippen molar-refractivity contribution in [2.24, 2.45) is 0 Å². The van der Waals surface area contributed by atoms with Gasteiger partial charge in [-0.05, 0) is 31.9 Å². The molecule has 7 nitrogen and oxygen atoms in total. The number of rotatable bonds is 6. The van der Waals surface area contributed by atoms with Crippen molar-refractivity contribution in [1.82, 2.24) is 15.2 Å². The number of hydrogen-bond acceptors (Lipinski definition) is 5. The summed E-state index contributed by atoms with van der Waals surface area (Å²) < 4.78 is 4.90. The molecule has 2 rings (SSSR count). The molecule has 1 aliphatic rings. The highest BCUT2D eigenvalue weighted by atomic mass is 16.5. The summed E-state index contributed by atoms with van der Waals surface area (Å²) in [4.78, 5) is 42.0. The fourth-order valence-electron chi connectivity index (χ4n) is 2.76. The lowest BCUT2D eigenvalue weighted by atomic mass is 10.0. The number of nitrogens with one attached hydrogen (secondary N) is 1. The number of amides is 2. The average Bonchev–Trinajstić information content (AvgIpc) is 2.56. The van der Waals surface area contributed by atoms with Gasteiger partial charge in [0.2, 0.25) is 11.8 Å². The molecule has 1 N–H and O–H groups in total. The molecule has 2 heterocycles. The molecular weight excluding hydrogens is 310 g/mol. The quantitative estimate of drug-likeness (QED) is 0.770. The number of carbonyl (C=O) groups excluding carboxylic acids is 3. The standard InChI is InChI=1S/C17H23N3O4/c1-3-24-16(22)11-14-17(23)19-9-10-20(14)15(21)7-6-13-5-4-8-18-12(13)2/h4-5,8,14H,3,6-7,9-11H2,1-2H3,(H,19,23). The van der Waals surface area contributed by atoms with Gasteiger partial charge in [0, 0.05) is 31.4 Å². The summed E-state index contributed by atoms with van der Waals surface area (Å²) in [5.74, 6) is -0.914. The van der Waals surface area contributed by atoms with E-state index in [4.69, 9.17) is 4.74 Å². The van der Waals surface area contributed by atoms with Crippen LogP contribution in [0.15, 0.2) is 18.3 Å². The van der Waals surface area contributed by atoms with Crippen molar-refractivity contribution in [1.29, 1.82) is 0 Å². The van der Waals surface area contributed by atoms with Gasteiger partial charge in [-0.2, -0.15) is 0 Å². The lowest BCUT2D eigenvalue weighted by Gasteiger charge is -2.34. The molecule has 7 heteroatoms. The number of esters is 1. The maximum Gasteiger partial charge on any atom is 0.308 e. The van der Waals surface area contributed by atoms with Gasteiger partial charge in [-0.1, -0.05) is 6.07 Å². The Balaban J connectivity index is 2.00. The van der Waals surface area contributed by atoms with Gasteiger partial charge >= 0.3 is 5.97 Å². The normalized spacial score (nSPS) is 17.3. The zero-order valence-corrected chi connectivity index (χ0v) is 14.1. The molecule has 2 amide bonds. The maximum atomic E-state index is 12.6. The summed E-state index contributed by atoms with van der Waals surface area (Å²) in [6.07, 6.45) is 2.43. The van der Waals surface area contributed by atoms with Crippen molar-refractivity contribution in [2.75, 3.05) is 19.7 Å². The zero-order valence-electron chi connectivity index (χ0n) is 14.1. The minimum atomic E-state index is -0.791. The second-order valence-electron chi connectivity index (χ2n) is 5.65. The number of aromatic nitrogens is 1. The second-order valence-corrected chi connectivity index (χ2v) is 5.65. The summed E-state index contributed by atoms with van der Waals surface area (Å²) in [6.45, 7) is 4.66. The van der Waals surface area contributed by atoms with Crippen LogP contribution in [0.2, 0.25) is 0 Å². The number of aryl methyl sites for hydroxylation is 2. The lowest BCUT2D eigenvalue weighted by Crippen LogP contribution is -2.57. The van der Waals surface area contributed by atoms with Crippen LogP contribution in [0.4, 0.5) is 0 Å². The highest BCUT2D eigenvalue weighted by Crippen LogP contribution is 2.14. The van der Waals surface area contributed by atoms with E-state index in [1.807, 2.05) is 19.1 Å². The van der Waals surface area contributed by atoms with Crippen LogP contribution in [0.25, 0.3) is 0 Å². The molecule has 0 aliphatic carbocycles. The predicted octanol–water partition coefficient (Wildman–Crippen LogP) is 0.603. The first-order valence-corrected chi connectivity index (χ1v) is 8.16. The Morgan fingerprint density at radius 3 is 2.96 bits per heavy atom. The molecule has 1 aromatic rings. The number of ether oxygens (including phenoxy) is 1. The van der Waals surface area contributed by atoms with E-state index in [0.717, 1.165) is 11.3 Å². The predicted molar refractivity (Wildman–Crippen MR) is 87.1 cm³/mol. The molecule has 0 radical (unpaired) electrons. The third-order valence-corrected chi connectivity index (χ3v) is 4.04. The minimum absolute atomic E-state index is 0.114. The molecule has 0 bridgehead atoms. The topological polar surface area (TPSA) is 88.6 Å². The Morgan fingerprint density at radius 2 is 2.25 bits per heavy atom. The Kier molecular flexibility index (Phi) is 6.28. The molecule has 1 fully saturated rings. The van der Waals surface area contributed by atoms with Crippen molar-refractivity contribution >= 4 is 17.8 Å². The summed E-state index contributed by atoms with van der Waals surface area (Å²) >= 11 is 0. The molecule has 1 atom stereocenters. The average molecular weight is 333 g/mol. The van der Waals surface area contributed by atoms with Gasteiger partial charge in [0.25, 0.3) is 0 Å². The Labute approximate surface area is 141 Å². The molecule has 0 spiro atoms. The van der Waals surface area contributed by atoms with E-state index >= 15 is 0 Å². The summed E-state index contributed by atoms with van der Waals surface area (Å²) in [5.41, 5.74) is 1.90. The van der Waals surface area contributed by atoms with Crippen molar-refractivity contribution in [2.45, 2.75) is 39.2 Å². The van der Waals surface area contributed by atoms with Crippen molar-refractivity contribution in [3.05, 3.63) is 29.6 Å². The number of pyridine rings is 1. The van der Waals surface area contributed by atoms with Crippen LogP contribution in [0.5, 0.6) is 0 Å². The van der Waals surface area contributed by atoms with Crippen molar-refractivity contribution in [3.63, 3.8) is 0 Å². The van der Waals surface area contributed by atoms with E-state index < -0.39 is 12.0 Å². The van der Waals surface area contributed by atoms with Gasteiger partial charge in [0.15, 0.2) is 0 Å². The summed E-state index contributed by atoms with van der Waals surface area (Å²) in [5, 5.41) is 2.70. The van der Waals surface area contributed by atoms with Gasteiger partial charge in [0.1, 0.15) is 6.04 Å². The monoisotopic (exact) mass is 333 g/mol. The van der Waals surface area contributed by atoms with Gasteiger partial charge < -0.3 is 15.0 Å². The first-order chi connectivity index (χ1) is 11.5. The summed E-state index contributed by atoms with van der Waals surface area (Å²) in [7, 11) is 0. The molecule has 1 saturated heterocycles. The minimum Gasteiger partial charge on any atom is -0.466 e. The number of hydrogen-bond donors (Lipinski definition) is 1. The molecule has 24 heavy (non-hydrogen) atoms. The van der Waals surface area contributed by atoms with Crippen LogP contribution in [0, 0.1) is 6.92 Å². The third-order valence-electron chi connectivity index (χ3n) is 4.04. The van der Waals surface area contributed by atoms with Crippen LogP contribution in [-0.2, 0) is 25.5 Å². The largest absolute Gasteiger partial charge is 0.466 e. The Hall–Kier alpha value is -2.44. The Morgan fingerprint density at radius 1 is 1.46 bits per heavy atom. The van der Waals surface area contributed by atoms with Gasteiger partial charge in [-0.3, -0.25) is 19.4 Å².